The maximum Gasteiger partial charge on any atom is 0.312 e. The van der Waals surface area contributed by atoms with E-state index in [1.165, 1.54) is 7.11 Å². The SMILES string of the molecule is COC(=O)C(C)(C)[C@H](N)C1CC1. The average Bonchev–Trinajstić information content (AvgIpc) is 2.83. The van der Waals surface area contributed by atoms with Gasteiger partial charge in [0.1, 0.15) is 0 Å². The normalized spacial score (nSPS) is 20.3. The molecule has 0 aromatic carbocycles. The highest BCUT2D eigenvalue weighted by Crippen LogP contribution is 2.39. The van der Waals surface area contributed by atoms with Crippen molar-refractivity contribution in [2.75, 3.05) is 7.11 Å². The standard InChI is InChI=1S/C9H17NO2/c1-9(2,8(11)12-3)7(10)6-4-5-6/h6-7H,4-5,10H2,1-3H3/t7-/m1/s1. The molecular formula is C9H17NO2. The molecule has 1 saturated carbocycles. The first-order valence-electron chi connectivity index (χ1n) is 4.34. The Balaban J connectivity index is 2.61. The summed E-state index contributed by atoms with van der Waals surface area (Å²) in [4.78, 5) is 11.3. The molecule has 1 aliphatic rings. The molecule has 70 valence electrons. The molecule has 3 nitrogen and oxygen atoms in total. The first-order valence-corrected chi connectivity index (χ1v) is 4.34. The molecule has 1 fully saturated rings. The van der Waals surface area contributed by atoms with Crippen LogP contribution in [0.25, 0.3) is 0 Å². The van der Waals surface area contributed by atoms with Gasteiger partial charge in [-0.05, 0) is 32.6 Å². The highest BCUT2D eigenvalue weighted by atomic mass is 16.5. The number of hydrogen-bond donors (Lipinski definition) is 1. The molecule has 1 rings (SSSR count). The molecule has 0 bridgehead atoms. The van der Waals surface area contributed by atoms with Gasteiger partial charge < -0.3 is 10.5 Å². The monoisotopic (exact) mass is 171 g/mol. The number of nitrogens with two attached hydrogens (primary N) is 1. The summed E-state index contributed by atoms with van der Waals surface area (Å²) in [5, 5.41) is 0. The molecule has 0 aromatic rings. The predicted octanol–water partition coefficient (Wildman–Crippen LogP) is 0.923. The van der Waals surface area contributed by atoms with Crippen molar-refractivity contribution in [3.8, 4) is 0 Å². The molecule has 0 aliphatic heterocycles. The van der Waals surface area contributed by atoms with Crippen molar-refractivity contribution >= 4 is 5.97 Å². The highest BCUT2D eigenvalue weighted by molar-refractivity contribution is 5.76. The Morgan fingerprint density at radius 2 is 2.08 bits per heavy atom. The quantitative estimate of drug-likeness (QED) is 0.642. The Morgan fingerprint density at radius 3 is 2.42 bits per heavy atom. The lowest BCUT2D eigenvalue weighted by Gasteiger charge is -2.28. The smallest absolute Gasteiger partial charge is 0.312 e. The largest absolute Gasteiger partial charge is 0.469 e. The number of rotatable bonds is 3. The van der Waals surface area contributed by atoms with Gasteiger partial charge in [-0.25, -0.2) is 0 Å². The van der Waals surface area contributed by atoms with Crippen LogP contribution in [0, 0.1) is 11.3 Å². The Kier molecular flexibility index (Phi) is 2.42. The second-order valence-electron chi connectivity index (χ2n) is 4.08. The topological polar surface area (TPSA) is 52.3 Å². The molecule has 0 amide bonds. The highest BCUT2D eigenvalue weighted by Gasteiger charge is 2.43. The van der Waals surface area contributed by atoms with E-state index in [0.29, 0.717) is 5.92 Å². The Morgan fingerprint density at radius 1 is 1.58 bits per heavy atom. The van der Waals surface area contributed by atoms with Crippen molar-refractivity contribution in [1.29, 1.82) is 0 Å². The van der Waals surface area contributed by atoms with Crippen molar-refractivity contribution < 1.29 is 9.53 Å². The molecule has 12 heavy (non-hydrogen) atoms. The van der Waals surface area contributed by atoms with Gasteiger partial charge in [0.05, 0.1) is 12.5 Å². The summed E-state index contributed by atoms with van der Waals surface area (Å²) in [5.41, 5.74) is 5.40. The van der Waals surface area contributed by atoms with Crippen LogP contribution < -0.4 is 5.73 Å². The summed E-state index contributed by atoms with van der Waals surface area (Å²) in [6.45, 7) is 3.70. The van der Waals surface area contributed by atoms with Gasteiger partial charge >= 0.3 is 5.97 Å². The van der Waals surface area contributed by atoms with Crippen molar-refractivity contribution in [3.63, 3.8) is 0 Å². The minimum atomic E-state index is -0.532. The maximum atomic E-state index is 11.3. The maximum absolute atomic E-state index is 11.3. The van der Waals surface area contributed by atoms with E-state index in [1.54, 1.807) is 0 Å². The molecule has 0 unspecified atom stereocenters. The molecule has 0 aromatic heterocycles. The summed E-state index contributed by atoms with van der Waals surface area (Å²) in [6.07, 6.45) is 2.31. The van der Waals surface area contributed by atoms with Crippen LogP contribution in [0.3, 0.4) is 0 Å². The molecule has 1 atom stereocenters. The summed E-state index contributed by atoms with van der Waals surface area (Å²) in [5.74, 6) is 0.320. The van der Waals surface area contributed by atoms with Gasteiger partial charge in [0.2, 0.25) is 0 Å². The van der Waals surface area contributed by atoms with Gasteiger partial charge in [-0.2, -0.15) is 0 Å². The third-order valence-electron chi connectivity index (χ3n) is 2.67. The van der Waals surface area contributed by atoms with Crippen LogP contribution >= 0.6 is 0 Å². The van der Waals surface area contributed by atoms with E-state index in [9.17, 15) is 4.79 Å². The minimum absolute atomic E-state index is 0.0510. The third kappa shape index (κ3) is 1.61. The van der Waals surface area contributed by atoms with Crippen LogP contribution in [0.5, 0.6) is 0 Å². The second kappa shape index (κ2) is 3.05. The molecule has 3 heteroatoms. The van der Waals surface area contributed by atoms with Crippen molar-refractivity contribution in [3.05, 3.63) is 0 Å². The summed E-state index contributed by atoms with van der Waals surface area (Å²) >= 11 is 0. The van der Waals surface area contributed by atoms with Gasteiger partial charge in [-0.3, -0.25) is 4.79 Å². The molecule has 0 saturated heterocycles. The van der Waals surface area contributed by atoms with E-state index in [2.05, 4.69) is 0 Å². The average molecular weight is 171 g/mol. The lowest BCUT2D eigenvalue weighted by atomic mass is 9.82. The number of carbonyl (C=O) groups excluding carboxylic acids is 1. The zero-order valence-electron chi connectivity index (χ0n) is 7.96. The molecule has 1 aliphatic carbocycles. The zero-order chi connectivity index (χ0) is 9.35. The number of carbonyl (C=O) groups is 1. The van der Waals surface area contributed by atoms with Gasteiger partial charge in [0.25, 0.3) is 0 Å². The van der Waals surface area contributed by atoms with Gasteiger partial charge in [0.15, 0.2) is 0 Å². The van der Waals surface area contributed by atoms with E-state index in [-0.39, 0.29) is 12.0 Å². The van der Waals surface area contributed by atoms with Crippen molar-refractivity contribution in [2.45, 2.75) is 32.7 Å². The third-order valence-corrected chi connectivity index (χ3v) is 2.67. The van der Waals surface area contributed by atoms with E-state index in [4.69, 9.17) is 10.5 Å². The zero-order valence-corrected chi connectivity index (χ0v) is 7.96. The first kappa shape index (κ1) is 9.52. The van der Waals surface area contributed by atoms with Gasteiger partial charge in [0, 0.05) is 6.04 Å². The van der Waals surface area contributed by atoms with Gasteiger partial charge in [-0.15, -0.1) is 0 Å². The van der Waals surface area contributed by atoms with E-state index in [1.807, 2.05) is 13.8 Å². The van der Waals surface area contributed by atoms with E-state index < -0.39 is 5.41 Å². The summed E-state index contributed by atoms with van der Waals surface area (Å²) in [6, 6.07) is -0.0510. The van der Waals surface area contributed by atoms with Crippen molar-refractivity contribution in [1.82, 2.24) is 0 Å². The van der Waals surface area contributed by atoms with Crippen molar-refractivity contribution in [2.24, 2.45) is 17.1 Å². The van der Waals surface area contributed by atoms with E-state index >= 15 is 0 Å². The van der Waals surface area contributed by atoms with Gasteiger partial charge in [-0.1, -0.05) is 0 Å². The van der Waals surface area contributed by atoms with Crippen LogP contribution in [-0.2, 0) is 9.53 Å². The fourth-order valence-electron chi connectivity index (χ4n) is 1.44. The van der Waals surface area contributed by atoms with Crippen LogP contribution in [-0.4, -0.2) is 19.1 Å². The number of methoxy groups -OCH3 is 1. The molecule has 0 heterocycles. The summed E-state index contributed by atoms with van der Waals surface area (Å²) in [7, 11) is 1.41. The predicted molar refractivity (Wildman–Crippen MR) is 46.5 cm³/mol. The number of hydrogen-bond acceptors (Lipinski definition) is 3. The first-order chi connectivity index (χ1) is 5.50. The Bertz CT molecular complexity index is 185. The van der Waals surface area contributed by atoms with Crippen LogP contribution in [0.4, 0.5) is 0 Å². The fourth-order valence-corrected chi connectivity index (χ4v) is 1.44. The molecular weight excluding hydrogens is 154 g/mol. The minimum Gasteiger partial charge on any atom is -0.469 e. The fraction of sp³-hybridized carbons (Fsp3) is 0.889. The summed E-state index contributed by atoms with van der Waals surface area (Å²) < 4.78 is 4.70. The van der Waals surface area contributed by atoms with Crippen LogP contribution in [0.2, 0.25) is 0 Å². The van der Waals surface area contributed by atoms with E-state index in [0.717, 1.165) is 12.8 Å². The Hall–Kier alpha value is -0.570. The van der Waals surface area contributed by atoms with Crippen LogP contribution in [0.1, 0.15) is 26.7 Å². The second-order valence-corrected chi connectivity index (χ2v) is 4.08. The number of esters is 1. The molecule has 0 spiro atoms. The Labute approximate surface area is 73.3 Å². The lowest BCUT2D eigenvalue weighted by Crippen LogP contribution is -2.45. The molecule has 2 N–H and O–H groups in total. The lowest BCUT2D eigenvalue weighted by molar-refractivity contribution is -0.152. The van der Waals surface area contributed by atoms with Crippen LogP contribution in [0.15, 0.2) is 0 Å². The number of ether oxygens (including phenoxy) is 1. The molecule has 0 radical (unpaired) electrons.